The van der Waals surface area contributed by atoms with Gasteiger partial charge in [0, 0.05) is 17.4 Å². The molecule has 2 aromatic rings. The average molecular weight is 367 g/mol. The summed E-state index contributed by atoms with van der Waals surface area (Å²) < 4.78 is 42.1. The van der Waals surface area contributed by atoms with Crippen molar-refractivity contribution in [1.29, 1.82) is 0 Å². The molecular formula is C19H20F3NO3. The van der Waals surface area contributed by atoms with E-state index in [4.69, 9.17) is 0 Å². The lowest BCUT2D eigenvalue weighted by Crippen LogP contribution is -2.27. The van der Waals surface area contributed by atoms with Gasteiger partial charge < -0.3 is 15.2 Å². The topological polar surface area (TPSA) is 58.6 Å². The number of aromatic hydroxyl groups is 1. The number of phenols is 1. The zero-order valence-electron chi connectivity index (χ0n) is 14.6. The number of nitrogens with one attached hydrogen (secondary N) is 1. The molecule has 7 heteroatoms. The van der Waals surface area contributed by atoms with E-state index in [9.17, 15) is 23.1 Å². The SMILES string of the molecule is CC(C)(C)C(=O)Nc1ccc(OC(F)(F)F)c(Cc2ccccc2)c1O. The maximum atomic E-state index is 12.7. The Balaban J connectivity index is 2.44. The molecule has 2 rings (SSSR count). The monoisotopic (exact) mass is 367 g/mol. The molecule has 0 radical (unpaired) electrons. The summed E-state index contributed by atoms with van der Waals surface area (Å²) in [6.07, 6.45) is -4.88. The predicted octanol–water partition coefficient (Wildman–Crippen LogP) is 4.87. The number of phenolic OH excluding ortho intramolecular Hbond substituents is 1. The van der Waals surface area contributed by atoms with Gasteiger partial charge in [-0.05, 0) is 17.7 Å². The largest absolute Gasteiger partial charge is 0.573 e. The molecule has 0 saturated heterocycles. The van der Waals surface area contributed by atoms with Crippen LogP contribution in [0.15, 0.2) is 42.5 Å². The quantitative estimate of drug-likeness (QED) is 0.759. The number of carbonyl (C=O) groups excluding carboxylic acids is 1. The van der Waals surface area contributed by atoms with Gasteiger partial charge in [0.25, 0.3) is 0 Å². The standard InChI is InChI=1S/C19H20F3NO3/c1-18(2,3)17(25)23-14-9-10-15(26-19(20,21)22)13(16(14)24)11-12-7-5-4-6-8-12/h4-10,24H,11H2,1-3H3,(H,23,25). The van der Waals surface area contributed by atoms with Gasteiger partial charge >= 0.3 is 6.36 Å². The second-order valence-electron chi connectivity index (χ2n) is 6.85. The number of rotatable bonds is 4. The van der Waals surface area contributed by atoms with Crippen molar-refractivity contribution in [3.63, 3.8) is 0 Å². The highest BCUT2D eigenvalue weighted by Crippen LogP contribution is 2.39. The molecule has 0 aliphatic carbocycles. The Kier molecular flexibility index (Phi) is 5.49. The van der Waals surface area contributed by atoms with E-state index in [0.717, 1.165) is 6.07 Å². The number of halogens is 3. The fourth-order valence-corrected chi connectivity index (χ4v) is 2.22. The number of amides is 1. The number of alkyl halides is 3. The molecule has 0 aromatic heterocycles. The molecule has 4 nitrogen and oxygen atoms in total. The summed E-state index contributed by atoms with van der Waals surface area (Å²) in [6.45, 7) is 5.06. The second kappa shape index (κ2) is 7.27. The Morgan fingerprint density at radius 1 is 1.08 bits per heavy atom. The van der Waals surface area contributed by atoms with E-state index in [1.807, 2.05) is 0 Å². The summed E-state index contributed by atoms with van der Waals surface area (Å²) in [5.74, 6) is -1.33. The molecule has 0 aliphatic rings. The third kappa shape index (κ3) is 5.15. The summed E-state index contributed by atoms with van der Waals surface area (Å²) in [4.78, 5) is 12.1. The fourth-order valence-electron chi connectivity index (χ4n) is 2.22. The number of hydrogen-bond acceptors (Lipinski definition) is 3. The van der Waals surface area contributed by atoms with E-state index in [-0.39, 0.29) is 23.6 Å². The third-order valence-corrected chi connectivity index (χ3v) is 3.62. The zero-order valence-corrected chi connectivity index (χ0v) is 14.6. The minimum atomic E-state index is -4.89. The summed E-state index contributed by atoms with van der Waals surface area (Å²) >= 11 is 0. The van der Waals surface area contributed by atoms with E-state index < -0.39 is 23.3 Å². The molecule has 140 valence electrons. The Morgan fingerprint density at radius 3 is 2.23 bits per heavy atom. The molecule has 0 atom stereocenters. The van der Waals surface area contributed by atoms with E-state index in [2.05, 4.69) is 10.1 Å². The van der Waals surface area contributed by atoms with E-state index in [0.29, 0.717) is 5.56 Å². The van der Waals surface area contributed by atoms with Crippen LogP contribution in [0, 0.1) is 5.41 Å². The number of ether oxygens (including phenoxy) is 1. The number of anilines is 1. The van der Waals surface area contributed by atoms with Crippen LogP contribution in [-0.2, 0) is 11.2 Å². The lowest BCUT2D eigenvalue weighted by atomic mass is 9.95. The lowest BCUT2D eigenvalue weighted by Gasteiger charge is -2.20. The Hall–Kier alpha value is -2.70. The molecule has 0 bridgehead atoms. The molecule has 0 saturated carbocycles. The first kappa shape index (κ1) is 19.6. The van der Waals surface area contributed by atoms with Crippen LogP contribution in [-0.4, -0.2) is 17.4 Å². The van der Waals surface area contributed by atoms with Crippen LogP contribution in [0.2, 0.25) is 0 Å². The van der Waals surface area contributed by atoms with Gasteiger partial charge in [0.2, 0.25) is 5.91 Å². The van der Waals surface area contributed by atoms with Crippen molar-refractivity contribution in [2.24, 2.45) is 5.41 Å². The van der Waals surface area contributed by atoms with Crippen LogP contribution in [0.5, 0.6) is 11.5 Å². The summed E-state index contributed by atoms with van der Waals surface area (Å²) in [5.41, 5.74) is -0.0626. The van der Waals surface area contributed by atoms with Gasteiger partial charge in [0.15, 0.2) is 0 Å². The molecule has 0 spiro atoms. The molecule has 2 N–H and O–H groups in total. The number of carbonyl (C=O) groups is 1. The van der Waals surface area contributed by atoms with Crippen LogP contribution in [0.1, 0.15) is 31.9 Å². The van der Waals surface area contributed by atoms with E-state index in [1.54, 1.807) is 51.1 Å². The van der Waals surface area contributed by atoms with Crippen molar-refractivity contribution in [2.75, 3.05) is 5.32 Å². The average Bonchev–Trinajstić information content (AvgIpc) is 2.52. The predicted molar refractivity (Wildman–Crippen MR) is 92.1 cm³/mol. The molecule has 1 amide bonds. The van der Waals surface area contributed by atoms with Crippen LogP contribution >= 0.6 is 0 Å². The first-order valence-electron chi connectivity index (χ1n) is 7.93. The minimum absolute atomic E-state index is 0.0112. The van der Waals surface area contributed by atoms with Gasteiger partial charge in [-0.3, -0.25) is 4.79 Å². The second-order valence-corrected chi connectivity index (χ2v) is 6.85. The first-order valence-corrected chi connectivity index (χ1v) is 7.93. The maximum Gasteiger partial charge on any atom is 0.573 e. The van der Waals surface area contributed by atoms with Gasteiger partial charge in [-0.1, -0.05) is 51.1 Å². The van der Waals surface area contributed by atoms with E-state index in [1.165, 1.54) is 6.07 Å². The highest BCUT2D eigenvalue weighted by molar-refractivity contribution is 5.96. The maximum absolute atomic E-state index is 12.7. The Morgan fingerprint density at radius 2 is 1.69 bits per heavy atom. The van der Waals surface area contributed by atoms with Gasteiger partial charge in [-0.2, -0.15) is 0 Å². The van der Waals surface area contributed by atoms with Gasteiger partial charge in [0.1, 0.15) is 11.5 Å². The highest BCUT2D eigenvalue weighted by Gasteiger charge is 2.33. The Bertz CT molecular complexity index is 781. The molecular weight excluding hydrogens is 347 g/mol. The Labute approximate surface area is 149 Å². The zero-order chi connectivity index (χ0) is 19.5. The van der Waals surface area contributed by atoms with Gasteiger partial charge in [0.05, 0.1) is 5.69 Å². The molecule has 0 unspecified atom stereocenters. The van der Waals surface area contributed by atoms with Crippen molar-refractivity contribution in [3.05, 3.63) is 53.6 Å². The summed E-state index contributed by atoms with van der Waals surface area (Å²) in [5, 5.41) is 13.0. The fraction of sp³-hybridized carbons (Fsp3) is 0.316. The van der Waals surface area contributed by atoms with Gasteiger partial charge in [-0.25, -0.2) is 0 Å². The molecule has 0 aliphatic heterocycles. The van der Waals surface area contributed by atoms with Crippen LogP contribution in [0.25, 0.3) is 0 Å². The molecule has 0 heterocycles. The van der Waals surface area contributed by atoms with Crippen LogP contribution < -0.4 is 10.1 Å². The smallest absolute Gasteiger partial charge is 0.505 e. The van der Waals surface area contributed by atoms with Crippen LogP contribution in [0.3, 0.4) is 0 Å². The molecule has 26 heavy (non-hydrogen) atoms. The van der Waals surface area contributed by atoms with Crippen LogP contribution in [0.4, 0.5) is 18.9 Å². The highest BCUT2D eigenvalue weighted by atomic mass is 19.4. The number of benzene rings is 2. The summed E-state index contributed by atoms with van der Waals surface area (Å²) in [6, 6.07) is 11.0. The van der Waals surface area contributed by atoms with Gasteiger partial charge in [-0.15, -0.1) is 13.2 Å². The van der Waals surface area contributed by atoms with Crippen molar-refractivity contribution in [2.45, 2.75) is 33.6 Å². The molecule has 2 aromatic carbocycles. The van der Waals surface area contributed by atoms with E-state index >= 15 is 0 Å². The van der Waals surface area contributed by atoms with Crippen molar-refractivity contribution >= 4 is 11.6 Å². The van der Waals surface area contributed by atoms with Crippen molar-refractivity contribution in [1.82, 2.24) is 0 Å². The third-order valence-electron chi connectivity index (χ3n) is 3.62. The number of hydrogen-bond donors (Lipinski definition) is 2. The van der Waals surface area contributed by atoms with Crippen molar-refractivity contribution in [3.8, 4) is 11.5 Å². The lowest BCUT2D eigenvalue weighted by molar-refractivity contribution is -0.274. The minimum Gasteiger partial charge on any atom is -0.505 e. The summed E-state index contributed by atoms with van der Waals surface area (Å²) in [7, 11) is 0. The van der Waals surface area contributed by atoms with Crippen molar-refractivity contribution < 1.29 is 27.8 Å². The first-order chi connectivity index (χ1) is 12.0. The normalized spacial score (nSPS) is 11.9. The molecule has 0 fully saturated rings.